The van der Waals surface area contributed by atoms with Gasteiger partial charge in [0.25, 0.3) is 21.9 Å². The van der Waals surface area contributed by atoms with E-state index in [2.05, 4.69) is 24.1 Å². The zero-order valence-corrected chi connectivity index (χ0v) is 18.3. The summed E-state index contributed by atoms with van der Waals surface area (Å²) in [7, 11) is -4.62. The van der Waals surface area contributed by atoms with E-state index in [-0.39, 0.29) is 17.6 Å². The third-order valence-electron chi connectivity index (χ3n) is 4.50. The lowest BCUT2D eigenvalue weighted by atomic mass is 10.0. The van der Waals surface area contributed by atoms with Gasteiger partial charge in [0.15, 0.2) is 0 Å². The fourth-order valence-corrected chi connectivity index (χ4v) is 3.51. The smallest absolute Gasteiger partial charge is 0.295 e. The second kappa shape index (κ2) is 12.2. The molecule has 8 nitrogen and oxygen atoms in total. The highest BCUT2D eigenvalue weighted by molar-refractivity contribution is 7.86. The summed E-state index contributed by atoms with van der Waals surface area (Å²) in [6.07, 6.45) is 6.08. The summed E-state index contributed by atoms with van der Waals surface area (Å²) in [5.41, 5.74) is -0.142. The highest BCUT2D eigenvalue weighted by atomic mass is 32.2. The number of carbonyl (C=O) groups is 3. The number of amides is 3. The Labute approximate surface area is 177 Å². The maximum atomic E-state index is 12.7. The Morgan fingerprint density at radius 1 is 1.07 bits per heavy atom. The molecule has 0 saturated carbocycles. The van der Waals surface area contributed by atoms with Crippen molar-refractivity contribution < 1.29 is 27.4 Å². The Bertz CT molecular complexity index is 879. The second-order valence-corrected chi connectivity index (χ2v) is 8.54. The number of carbonyl (C=O) groups excluding carboxylic acids is 3. The maximum absolute atomic E-state index is 12.7. The predicted molar refractivity (Wildman–Crippen MR) is 113 cm³/mol. The molecular formula is C21H30N2O6S. The number of hydrogen-bond acceptors (Lipinski definition) is 5. The van der Waals surface area contributed by atoms with Gasteiger partial charge in [-0.2, -0.15) is 8.42 Å². The van der Waals surface area contributed by atoms with E-state index in [0.717, 1.165) is 38.2 Å². The Morgan fingerprint density at radius 3 is 2.27 bits per heavy atom. The second-order valence-electron chi connectivity index (χ2n) is 7.15. The summed E-state index contributed by atoms with van der Waals surface area (Å²) in [5.74, 6) is -2.19. The van der Waals surface area contributed by atoms with Crippen molar-refractivity contribution in [2.24, 2.45) is 0 Å². The first-order valence-corrected chi connectivity index (χ1v) is 11.4. The highest BCUT2D eigenvalue weighted by Gasteiger charge is 2.26. The van der Waals surface area contributed by atoms with E-state index in [1.165, 1.54) is 25.1 Å². The molecule has 0 heterocycles. The molecule has 1 atom stereocenters. The molecule has 166 valence electrons. The van der Waals surface area contributed by atoms with E-state index in [1.54, 1.807) is 0 Å². The molecule has 0 radical (unpaired) electrons. The van der Waals surface area contributed by atoms with Gasteiger partial charge in [-0.05, 0) is 25.5 Å². The monoisotopic (exact) mass is 438 g/mol. The molecule has 3 N–H and O–H groups in total. The Kier molecular flexibility index (Phi) is 10.4. The minimum Gasteiger partial charge on any atom is -0.340 e. The molecule has 0 bridgehead atoms. The van der Waals surface area contributed by atoms with Crippen LogP contribution in [0.2, 0.25) is 0 Å². The summed E-state index contributed by atoms with van der Waals surface area (Å²) in [5, 5.41) is 4.67. The molecule has 0 aliphatic carbocycles. The third-order valence-corrected chi connectivity index (χ3v) is 5.41. The van der Waals surface area contributed by atoms with E-state index < -0.39 is 38.8 Å². The average Bonchev–Trinajstić information content (AvgIpc) is 2.68. The molecule has 3 amide bonds. The van der Waals surface area contributed by atoms with Crippen LogP contribution in [0.5, 0.6) is 0 Å². The molecule has 0 saturated heterocycles. The van der Waals surface area contributed by atoms with E-state index in [4.69, 9.17) is 0 Å². The first-order chi connectivity index (χ1) is 14.1. The lowest BCUT2D eigenvalue weighted by molar-refractivity contribution is -0.129. The van der Waals surface area contributed by atoms with Gasteiger partial charge in [-0.1, -0.05) is 64.2 Å². The number of unbranched alkanes of at least 4 members (excludes halogenated alkanes) is 5. The summed E-state index contributed by atoms with van der Waals surface area (Å²) in [4.78, 5) is 36.4. The van der Waals surface area contributed by atoms with Crippen molar-refractivity contribution in [2.45, 2.75) is 69.7 Å². The van der Waals surface area contributed by atoms with Gasteiger partial charge in [0.1, 0.15) is 10.9 Å². The average molecular weight is 439 g/mol. The molecule has 1 rings (SSSR count). The van der Waals surface area contributed by atoms with Crippen LogP contribution >= 0.6 is 0 Å². The molecule has 9 heteroatoms. The van der Waals surface area contributed by atoms with Crippen LogP contribution in [0, 0.1) is 0 Å². The number of hydrogen-bond donors (Lipinski definition) is 3. The molecule has 0 fully saturated rings. The predicted octanol–water partition coefficient (Wildman–Crippen LogP) is 3.00. The lowest BCUT2D eigenvalue weighted by Gasteiger charge is -2.19. The zero-order chi connectivity index (χ0) is 22.7. The molecule has 0 spiro atoms. The van der Waals surface area contributed by atoms with Crippen molar-refractivity contribution in [1.29, 1.82) is 0 Å². The van der Waals surface area contributed by atoms with Gasteiger partial charge < -0.3 is 5.32 Å². The van der Waals surface area contributed by atoms with Crippen molar-refractivity contribution in [3.63, 3.8) is 0 Å². The van der Waals surface area contributed by atoms with Gasteiger partial charge in [0.05, 0.1) is 5.56 Å². The van der Waals surface area contributed by atoms with Gasteiger partial charge in [-0.25, -0.2) is 0 Å². The molecule has 0 aliphatic rings. The normalized spacial score (nSPS) is 12.1. The van der Waals surface area contributed by atoms with Crippen LogP contribution in [0.4, 0.5) is 0 Å². The number of imide groups is 1. The van der Waals surface area contributed by atoms with Gasteiger partial charge in [0, 0.05) is 5.57 Å². The molecule has 1 aromatic carbocycles. The third kappa shape index (κ3) is 8.46. The van der Waals surface area contributed by atoms with Crippen LogP contribution in [-0.2, 0) is 19.7 Å². The van der Waals surface area contributed by atoms with E-state index in [1.807, 2.05) is 0 Å². The quantitative estimate of drug-likeness (QED) is 0.261. The number of rotatable bonds is 12. The molecule has 0 aromatic heterocycles. The molecule has 0 aliphatic heterocycles. The summed E-state index contributed by atoms with van der Waals surface area (Å²) < 4.78 is 32.4. The highest BCUT2D eigenvalue weighted by Crippen LogP contribution is 2.16. The van der Waals surface area contributed by atoms with Gasteiger partial charge in [0.2, 0.25) is 5.91 Å². The minimum absolute atomic E-state index is 0.143. The van der Waals surface area contributed by atoms with E-state index in [0.29, 0.717) is 6.42 Å². The zero-order valence-electron chi connectivity index (χ0n) is 17.4. The van der Waals surface area contributed by atoms with Gasteiger partial charge in [-0.15, -0.1) is 0 Å². The van der Waals surface area contributed by atoms with Crippen molar-refractivity contribution in [3.05, 3.63) is 42.0 Å². The number of nitrogens with one attached hydrogen (secondary N) is 2. The van der Waals surface area contributed by atoms with Crippen LogP contribution in [0.15, 0.2) is 41.3 Å². The van der Waals surface area contributed by atoms with Crippen LogP contribution in [-0.4, -0.2) is 36.7 Å². The topological polar surface area (TPSA) is 130 Å². The standard InChI is InChI=1S/C21H30N2O6S/c1-4-5-6-7-8-9-13-17(21(26)23-19(24)15(2)3)22-20(25)16-12-10-11-14-18(16)30(27,28)29/h10-12,14,17H,2,4-9,13H2,1,3H3,(H,22,25)(H,23,24,26)(H,27,28,29). The summed E-state index contributed by atoms with van der Waals surface area (Å²) in [6.45, 7) is 7.03. The van der Waals surface area contributed by atoms with Gasteiger partial charge >= 0.3 is 0 Å². The van der Waals surface area contributed by atoms with Crippen LogP contribution < -0.4 is 10.6 Å². The van der Waals surface area contributed by atoms with Gasteiger partial charge in [-0.3, -0.25) is 24.3 Å². The minimum atomic E-state index is -4.62. The fraction of sp³-hybridized carbons (Fsp3) is 0.476. The van der Waals surface area contributed by atoms with Crippen molar-refractivity contribution in [2.75, 3.05) is 0 Å². The first kappa shape index (κ1) is 25.5. The Morgan fingerprint density at radius 2 is 1.67 bits per heavy atom. The molecule has 30 heavy (non-hydrogen) atoms. The molecule has 1 aromatic rings. The molecular weight excluding hydrogens is 408 g/mol. The lowest BCUT2D eigenvalue weighted by Crippen LogP contribution is -2.48. The van der Waals surface area contributed by atoms with E-state index >= 15 is 0 Å². The maximum Gasteiger partial charge on any atom is 0.295 e. The summed E-state index contributed by atoms with van der Waals surface area (Å²) >= 11 is 0. The van der Waals surface area contributed by atoms with Crippen LogP contribution in [0.1, 0.15) is 69.2 Å². The SMILES string of the molecule is C=C(C)C(=O)NC(=O)C(CCCCCCCC)NC(=O)c1ccccc1S(=O)(=O)O. The van der Waals surface area contributed by atoms with E-state index in [9.17, 15) is 27.4 Å². The number of benzene rings is 1. The first-order valence-electron chi connectivity index (χ1n) is 9.96. The Hall–Kier alpha value is -2.52. The fourth-order valence-electron chi connectivity index (χ4n) is 2.82. The van der Waals surface area contributed by atoms with Crippen LogP contribution in [0.25, 0.3) is 0 Å². The van der Waals surface area contributed by atoms with Crippen molar-refractivity contribution in [3.8, 4) is 0 Å². The Balaban J connectivity index is 2.93. The molecule has 1 unspecified atom stereocenters. The largest absolute Gasteiger partial charge is 0.340 e. The van der Waals surface area contributed by atoms with Crippen LogP contribution in [0.3, 0.4) is 0 Å². The van der Waals surface area contributed by atoms with Crippen molar-refractivity contribution in [1.82, 2.24) is 10.6 Å². The summed E-state index contributed by atoms with van der Waals surface area (Å²) in [6, 6.07) is 4.10. The van der Waals surface area contributed by atoms with Crippen molar-refractivity contribution >= 4 is 27.8 Å².